The number of nitrogens with one attached hydrogen (secondary N) is 2. The summed E-state index contributed by atoms with van der Waals surface area (Å²) in [5.74, 6) is 0.0583. The van der Waals surface area contributed by atoms with Crippen molar-refractivity contribution in [2.24, 2.45) is 0 Å². The van der Waals surface area contributed by atoms with E-state index in [2.05, 4.69) is 10.6 Å². The number of ether oxygens (including phenoxy) is 4. The number of nitrogens with zero attached hydrogens (tertiary/aromatic N) is 1. The minimum Gasteiger partial charge on any atom is -0.456 e. The number of urea groups is 1. The number of aryl methyl sites for hydroxylation is 2. The Kier molecular flexibility index (Phi) is 8.54. The largest absolute Gasteiger partial charge is 0.456 e. The fourth-order valence-corrected chi connectivity index (χ4v) is 7.53. The van der Waals surface area contributed by atoms with Gasteiger partial charge < -0.3 is 34.5 Å². The third-order valence-corrected chi connectivity index (χ3v) is 9.52. The van der Waals surface area contributed by atoms with E-state index in [9.17, 15) is 19.2 Å². The molecule has 1 saturated heterocycles. The number of fused-ring (bicyclic) bond motifs is 6. The molecular formula is C40H39N3O8. The van der Waals surface area contributed by atoms with Crippen molar-refractivity contribution in [3.05, 3.63) is 112 Å². The van der Waals surface area contributed by atoms with E-state index in [0.29, 0.717) is 77.2 Å². The summed E-state index contributed by atoms with van der Waals surface area (Å²) in [6.45, 7) is 11.0. The monoisotopic (exact) mass is 689 g/mol. The Morgan fingerprint density at radius 1 is 0.863 bits per heavy atom. The van der Waals surface area contributed by atoms with Gasteiger partial charge in [0, 0.05) is 77.6 Å². The first-order valence-corrected chi connectivity index (χ1v) is 16.9. The Bertz CT molecular complexity index is 2100. The second-order valence-electron chi connectivity index (χ2n) is 13.8. The lowest BCUT2D eigenvalue weighted by molar-refractivity contribution is -0.132. The summed E-state index contributed by atoms with van der Waals surface area (Å²) in [4.78, 5) is 53.6. The summed E-state index contributed by atoms with van der Waals surface area (Å²) >= 11 is 0. The first-order chi connectivity index (χ1) is 24.4. The van der Waals surface area contributed by atoms with Gasteiger partial charge in [0.2, 0.25) is 5.91 Å². The number of benzene rings is 4. The molecule has 3 heterocycles. The lowest BCUT2D eigenvalue weighted by Gasteiger charge is -2.37. The van der Waals surface area contributed by atoms with Crippen molar-refractivity contribution in [3.63, 3.8) is 0 Å². The van der Waals surface area contributed by atoms with Crippen molar-refractivity contribution >= 4 is 35.3 Å². The molecule has 1 atom stereocenters. The SMILES string of the molecule is CC(=O)Oc1cc(C)cc(C)c1C(C)(C)CC(=O)Nc1ccc2c(c1)Oc1cc(NC(=O)N3CCOCC3)ccc1C21OC(=O)c2ccccc21. The molecule has 4 aromatic carbocycles. The third-order valence-electron chi connectivity index (χ3n) is 9.52. The Hall–Kier alpha value is -5.68. The van der Waals surface area contributed by atoms with E-state index in [0.717, 1.165) is 16.7 Å². The fraction of sp³-hybridized carbons (Fsp3) is 0.300. The number of carbonyl (C=O) groups is 4. The lowest BCUT2D eigenvalue weighted by Crippen LogP contribution is -2.43. The van der Waals surface area contributed by atoms with E-state index in [1.54, 1.807) is 53.4 Å². The van der Waals surface area contributed by atoms with E-state index >= 15 is 0 Å². The van der Waals surface area contributed by atoms with Crippen LogP contribution in [0.1, 0.15) is 70.9 Å². The fourth-order valence-electron chi connectivity index (χ4n) is 7.53. The third kappa shape index (κ3) is 6.18. The molecule has 1 unspecified atom stereocenters. The van der Waals surface area contributed by atoms with Gasteiger partial charge >= 0.3 is 18.0 Å². The van der Waals surface area contributed by atoms with Gasteiger partial charge in [0.05, 0.1) is 18.8 Å². The molecule has 51 heavy (non-hydrogen) atoms. The summed E-state index contributed by atoms with van der Waals surface area (Å²) in [6, 6.07) is 21.3. The maximum absolute atomic E-state index is 13.6. The van der Waals surface area contributed by atoms with Gasteiger partial charge in [-0.1, -0.05) is 38.1 Å². The molecular weight excluding hydrogens is 650 g/mol. The minimum absolute atomic E-state index is 0.0903. The van der Waals surface area contributed by atoms with E-state index < -0.39 is 23.0 Å². The molecule has 0 bridgehead atoms. The number of hydrogen-bond donors (Lipinski definition) is 2. The Morgan fingerprint density at radius 2 is 1.51 bits per heavy atom. The van der Waals surface area contributed by atoms with E-state index in [-0.39, 0.29) is 18.4 Å². The highest BCUT2D eigenvalue weighted by atomic mass is 16.6. The van der Waals surface area contributed by atoms with Crippen LogP contribution < -0.4 is 20.1 Å². The first-order valence-electron chi connectivity index (χ1n) is 16.9. The van der Waals surface area contributed by atoms with Crippen LogP contribution in [0, 0.1) is 13.8 Å². The number of morpholine rings is 1. The zero-order valence-electron chi connectivity index (χ0n) is 29.2. The van der Waals surface area contributed by atoms with Crippen LogP contribution in [0.15, 0.2) is 72.8 Å². The molecule has 11 heteroatoms. The van der Waals surface area contributed by atoms with Crippen molar-refractivity contribution in [1.82, 2.24) is 4.90 Å². The Morgan fingerprint density at radius 3 is 2.18 bits per heavy atom. The molecule has 262 valence electrons. The van der Waals surface area contributed by atoms with Crippen molar-refractivity contribution in [2.45, 2.75) is 52.1 Å². The number of esters is 2. The molecule has 4 aromatic rings. The number of rotatable bonds is 6. The topological polar surface area (TPSA) is 133 Å². The van der Waals surface area contributed by atoms with Gasteiger partial charge in [-0.15, -0.1) is 0 Å². The predicted octanol–water partition coefficient (Wildman–Crippen LogP) is 6.97. The van der Waals surface area contributed by atoms with Crippen molar-refractivity contribution in [3.8, 4) is 17.2 Å². The van der Waals surface area contributed by atoms with Gasteiger partial charge in [-0.2, -0.15) is 0 Å². The molecule has 2 N–H and O–H groups in total. The normalized spacial score (nSPS) is 17.4. The highest BCUT2D eigenvalue weighted by Gasteiger charge is 2.53. The molecule has 0 saturated carbocycles. The number of carbonyl (C=O) groups excluding carboxylic acids is 4. The quantitative estimate of drug-likeness (QED) is 0.164. The molecule has 11 nitrogen and oxygen atoms in total. The first kappa shape index (κ1) is 33.8. The zero-order chi connectivity index (χ0) is 36.1. The summed E-state index contributed by atoms with van der Waals surface area (Å²) in [7, 11) is 0. The Labute approximate surface area is 295 Å². The van der Waals surface area contributed by atoms with Crippen LogP contribution in [-0.4, -0.2) is 55.1 Å². The maximum atomic E-state index is 13.6. The second-order valence-corrected chi connectivity index (χ2v) is 13.8. The minimum atomic E-state index is -1.32. The number of amides is 3. The second kappa shape index (κ2) is 12.9. The van der Waals surface area contributed by atoms with Crippen molar-refractivity contribution in [1.29, 1.82) is 0 Å². The summed E-state index contributed by atoms with van der Waals surface area (Å²) in [5, 5.41) is 5.95. The molecule has 1 fully saturated rings. The van der Waals surface area contributed by atoms with Gasteiger partial charge in [-0.05, 0) is 61.4 Å². The number of anilines is 2. The molecule has 3 aliphatic heterocycles. The van der Waals surface area contributed by atoms with Crippen molar-refractivity contribution in [2.75, 3.05) is 36.9 Å². The average Bonchev–Trinajstić information content (AvgIpc) is 3.36. The highest BCUT2D eigenvalue weighted by molar-refractivity contribution is 5.98. The molecule has 7 rings (SSSR count). The lowest BCUT2D eigenvalue weighted by atomic mass is 9.77. The van der Waals surface area contributed by atoms with Crippen LogP contribution in [-0.2, 0) is 30.1 Å². The molecule has 1 spiro atoms. The molecule has 0 aromatic heterocycles. The van der Waals surface area contributed by atoms with Crippen LogP contribution in [0.25, 0.3) is 0 Å². The molecule has 0 aliphatic carbocycles. The summed E-state index contributed by atoms with van der Waals surface area (Å²) < 4.78 is 23.7. The van der Waals surface area contributed by atoms with Crippen molar-refractivity contribution < 1.29 is 38.1 Å². The summed E-state index contributed by atoms with van der Waals surface area (Å²) in [6.07, 6.45) is 0.0903. The van der Waals surface area contributed by atoms with E-state index in [4.69, 9.17) is 18.9 Å². The average molecular weight is 690 g/mol. The van der Waals surface area contributed by atoms with Crippen LogP contribution >= 0.6 is 0 Å². The van der Waals surface area contributed by atoms with Gasteiger partial charge in [0.25, 0.3) is 0 Å². The predicted molar refractivity (Wildman–Crippen MR) is 190 cm³/mol. The molecule has 3 amide bonds. The van der Waals surface area contributed by atoms with Gasteiger partial charge in [-0.25, -0.2) is 9.59 Å². The van der Waals surface area contributed by atoms with E-state index in [1.807, 2.05) is 52.0 Å². The zero-order valence-corrected chi connectivity index (χ0v) is 29.2. The maximum Gasteiger partial charge on any atom is 0.340 e. The Balaban J connectivity index is 1.21. The van der Waals surface area contributed by atoms with E-state index in [1.165, 1.54) is 6.92 Å². The van der Waals surface area contributed by atoms with Gasteiger partial charge in [0.1, 0.15) is 17.2 Å². The molecule has 0 radical (unpaired) electrons. The van der Waals surface area contributed by atoms with Gasteiger partial charge in [0.15, 0.2) is 5.60 Å². The molecule has 3 aliphatic rings. The van der Waals surface area contributed by atoms with Gasteiger partial charge in [-0.3, -0.25) is 9.59 Å². The van der Waals surface area contributed by atoms with Crippen LogP contribution in [0.3, 0.4) is 0 Å². The standard InChI is InChI=1S/C40H39N3O8/c1-23-18-24(2)36(34(19-23)49-25(3)44)39(4,5)22-35(45)41-26-10-12-30-32(20-26)50-33-21-27(42-38(47)43-14-16-48-17-15-43)11-13-31(33)40(30)29-9-7-6-8-28(29)37(46)51-40/h6-13,18-21H,14-17,22H2,1-5H3,(H,41,45)(H,42,47). The highest BCUT2D eigenvalue weighted by Crippen LogP contribution is 2.56. The number of hydrogen-bond acceptors (Lipinski definition) is 8. The van der Waals surface area contributed by atoms with Crippen LogP contribution in [0.4, 0.5) is 16.2 Å². The smallest absolute Gasteiger partial charge is 0.340 e. The van der Waals surface area contributed by atoms with Crippen LogP contribution in [0.5, 0.6) is 17.2 Å². The van der Waals surface area contributed by atoms with Crippen LogP contribution in [0.2, 0.25) is 0 Å². The summed E-state index contributed by atoms with van der Waals surface area (Å²) in [5.41, 5.74) is 3.94.